The lowest BCUT2D eigenvalue weighted by atomic mass is 10.1. The number of aromatic nitrogens is 2. The number of aryl methyl sites for hydroxylation is 1. The van der Waals surface area contributed by atoms with Gasteiger partial charge < -0.3 is 9.88 Å². The van der Waals surface area contributed by atoms with Crippen molar-refractivity contribution in [2.75, 3.05) is 0 Å². The molecule has 0 saturated heterocycles. The predicted octanol–water partition coefficient (Wildman–Crippen LogP) is 3.56. The van der Waals surface area contributed by atoms with Crippen LogP contribution < -0.4 is 5.32 Å². The number of hydrogen-bond donors (Lipinski definition) is 1. The Balaban J connectivity index is 1.62. The van der Waals surface area contributed by atoms with Gasteiger partial charge in [0.2, 0.25) is 5.91 Å². The van der Waals surface area contributed by atoms with E-state index in [1.165, 1.54) is 30.4 Å². The summed E-state index contributed by atoms with van der Waals surface area (Å²) >= 11 is 0. The fraction of sp³-hybridized carbons (Fsp3) is 0.100. The molecule has 1 aromatic heterocycles. The number of hydrogen-bond acceptors (Lipinski definition) is 4. The highest BCUT2D eigenvalue weighted by Crippen LogP contribution is 2.17. The molecule has 28 heavy (non-hydrogen) atoms. The van der Waals surface area contributed by atoms with Crippen LogP contribution in [0, 0.1) is 22.9 Å². The summed E-state index contributed by atoms with van der Waals surface area (Å²) < 4.78 is 16.0. The van der Waals surface area contributed by atoms with Gasteiger partial charge in [-0.25, -0.2) is 9.37 Å². The van der Waals surface area contributed by atoms with Crippen molar-refractivity contribution in [1.82, 2.24) is 14.9 Å². The molecule has 8 heteroatoms. The number of nitro groups is 1. The molecule has 1 N–H and O–H groups in total. The van der Waals surface area contributed by atoms with Crippen molar-refractivity contribution in [3.05, 3.63) is 93.8 Å². The van der Waals surface area contributed by atoms with E-state index in [-0.39, 0.29) is 18.1 Å². The van der Waals surface area contributed by atoms with E-state index < -0.39 is 10.7 Å². The van der Waals surface area contributed by atoms with Crippen LogP contribution in [-0.4, -0.2) is 20.4 Å². The number of halogens is 1. The van der Waals surface area contributed by atoms with E-state index in [2.05, 4.69) is 10.3 Å². The number of nitro benzene ring substituents is 1. The lowest BCUT2D eigenvalue weighted by Gasteiger charge is -2.09. The zero-order valence-corrected chi connectivity index (χ0v) is 15.0. The Morgan fingerprint density at radius 3 is 2.82 bits per heavy atom. The molecule has 3 aromatic rings. The smallest absolute Gasteiger partial charge is 0.270 e. The maximum atomic E-state index is 14.4. The van der Waals surface area contributed by atoms with Gasteiger partial charge in [-0.15, -0.1) is 0 Å². The number of benzene rings is 2. The van der Waals surface area contributed by atoms with Gasteiger partial charge in [-0.3, -0.25) is 14.9 Å². The van der Waals surface area contributed by atoms with Gasteiger partial charge in [0.15, 0.2) is 0 Å². The lowest BCUT2D eigenvalue weighted by molar-refractivity contribution is -0.384. The molecular weight excluding hydrogens is 363 g/mol. The average Bonchev–Trinajstić information content (AvgIpc) is 3.10. The average molecular weight is 380 g/mol. The standard InChI is InChI=1S/C20H17FN4O3/c1-14-22-9-10-24(14)19-7-5-16(12-18(19)21)13-23-20(26)8-6-15-3-2-4-17(11-15)25(27)28/h2-12H,13H2,1H3,(H,23,26)/b8-6+. The van der Waals surface area contributed by atoms with Crippen LogP contribution in [0.3, 0.4) is 0 Å². The first-order valence-electron chi connectivity index (χ1n) is 8.43. The minimum Gasteiger partial charge on any atom is -0.348 e. The second-order valence-electron chi connectivity index (χ2n) is 6.03. The molecule has 0 unspecified atom stereocenters. The summed E-state index contributed by atoms with van der Waals surface area (Å²) in [7, 11) is 0. The minimum absolute atomic E-state index is 0.0498. The fourth-order valence-corrected chi connectivity index (χ4v) is 2.65. The Labute approximate surface area is 160 Å². The van der Waals surface area contributed by atoms with Crippen molar-refractivity contribution in [2.45, 2.75) is 13.5 Å². The molecule has 3 rings (SSSR count). The van der Waals surface area contributed by atoms with E-state index in [1.807, 2.05) is 0 Å². The highest BCUT2D eigenvalue weighted by Gasteiger charge is 2.08. The van der Waals surface area contributed by atoms with Crippen LogP contribution in [0.5, 0.6) is 0 Å². The Bertz CT molecular complexity index is 1060. The SMILES string of the molecule is Cc1nccn1-c1ccc(CNC(=O)/C=C/c2cccc([N+](=O)[O-])c2)cc1F. The van der Waals surface area contributed by atoms with Crippen LogP contribution in [-0.2, 0) is 11.3 Å². The van der Waals surface area contributed by atoms with E-state index in [1.54, 1.807) is 48.1 Å². The number of carbonyl (C=O) groups excluding carboxylic acids is 1. The van der Waals surface area contributed by atoms with E-state index in [0.29, 0.717) is 22.6 Å². The molecule has 1 heterocycles. The third-order valence-corrected chi connectivity index (χ3v) is 4.07. The number of carbonyl (C=O) groups is 1. The molecule has 7 nitrogen and oxygen atoms in total. The lowest BCUT2D eigenvalue weighted by Crippen LogP contribution is -2.20. The van der Waals surface area contributed by atoms with Crippen LogP contribution in [0.25, 0.3) is 11.8 Å². The number of rotatable bonds is 6. The number of nitrogens with zero attached hydrogens (tertiary/aromatic N) is 3. The molecule has 2 aromatic carbocycles. The van der Waals surface area contributed by atoms with Crippen LogP contribution in [0.15, 0.2) is 60.9 Å². The zero-order chi connectivity index (χ0) is 20.1. The highest BCUT2D eigenvalue weighted by atomic mass is 19.1. The van der Waals surface area contributed by atoms with Gasteiger partial charge in [-0.1, -0.05) is 18.2 Å². The first-order chi connectivity index (χ1) is 13.4. The number of non-ortho nitro benzene ring substituents is 1. The fourth-order valence-electron chi connectivity index (χ4n) is 2.65. The molecule has 0 saturated carbocycles. The van der Waals surface area contributed by atoms with Gasteiger partial charge in [0.1, 0.15) is 11.6 Å². The molecule has 1 amide bonds. The Hall–Kier alpha value is -3.81. The maximum absolute atomic E-state index is 14.4. The van der Waals surface area contributed by atoms with Crippen molar-refractivity contribution in [3.8, 4) is 5.69 Å². The van der Waals surface area contributed by atoms with Crippen molar-refractivity contribution < 1.29 is 14.1 Å². The summed E-state index contributed by atoms with van der Waals surface area (Å²) in [6, 6.07) is 10.7. The molecule has 0 spiro atoms. The normalized spacial score (nSPS) is 10.9. The van der Waals surface area contributed by atoms with E-state index in [9.17, 15) is 19.3 Å². The quantitative estimate of drug-likeness (QED) is 0.402. The predicted molar refractivity (Wildman–Crippen MR) is 102 cm³/mol. The van der Waals surface area contributed by atoms with Crippen molar-refractivity contribution in [3.63, 3.8) is 0 Å². The van der Waals surface area contributed by atoms with Crippen LogP contribution in [0.2, 0.25) is 0 Å². The first kappa shape index (κ1) is 19.0. The largest absolute Gasteiger partial charge is 0.348 e. The van der Waals surface area contributed by atoms with Gasteiger partial charge in [-0.2, -0.15) is 0 Å². The summed E-state index contributed by atoms with van der Waals surface area (Å²) in [5.41, 5.74) is 1.48. The molecule has 142 valence electrons. The molecule has 0 fully saturated rings. The topological polar surface area (TPSA) is 90.1 Å². The minimum atomic E-state index is -0.499. The molecule has 0 aliphatic carbocycles. The number of amides is 1. The summed E-state index contributed by atoms with van der Waals surface area (Å²) in [6.45, 7) is 1.93. The summed E-state index contributed by atoms with van der Waals surface area (Å²) in [5, 5.41) is 13.4. The van der Waals surface area contributed by atoms with Crippen molar-refractivity contribution in [1.29, 1.82) is 0 Å². The van der Waals surface area contributed by atoms with Crippen molar-refractivity contribution in [2.24, 2.45) is 0 Å². The van der Waals surface area contributed by atoms with Crippen LogP contribution >= 0.6 is 0 Å². The molecule has 0 radical (unpaired) electrons. The van der Waals surface area contributed by atoms with Gasteiger partial charge in [-0.05, 0) is 36.3 Å². The first-order valence-corrected chi connectivity index (χ1v) is 8.43. The van der Waals surface area contributed by atoms with E-state index >= 15 is 0 Å². The van der Waals surface area contributed by atoms with Crippen LogP contribution in [0.4, 0.5) is 10.1 Å². The monoisotopic (exact) mass is 380 g/mol. The third-order valence-electron chi connectivity index (χ3n) is 4.07. The van der Waals surface area contributed by atoms with Gasteiger partial charge >= 0.3 is 0 Å². The van der Waals surface area contributed by atoms with Gasteiger partial charge in [0, 0.05) is 37.1 Å². The molecule has 0 aliphatic rings. The Morgan fingerprint density at radius 2 is 2.14 bits per heavy atom. The third kappa shape index (κ3) is 4.47. The summed E-state index contributed by atoms with van der Waals surface area (Å²) in [4.78, 5) is 26.3. The Morgan fingerprint density at radius 1 is 1.32 bits per heavy atom. The number of imidazole rings is 1. The van der Waals surface area contributed by atoms with Gasteiger partial charge in [0.05, 0.1) is 10.6 Å². The summed E-state index contributed by atoms with van der Waals surface area (Å²) in [6.07, 6.45) is 6.02. The Kier molecular flexibility index (Phi) is 5.59. The van der Waals surface area contributed by atoms with E-state index in [0.717, 1.165) is 0 Å². The molecule has 0 bridgehead atoms. The van der Waals surface area contributed by atoms with Gasteiger partial charge in [0.25, 0.3) is 5.69 Å². The summed E-state index contributed by atoms with van der Waals surface area (Å²) in [5.74, 6) is -0.132. The molecular formula is C20H17FN4O3. The second kappa shape index (κ2) is 8.26. The van der Waals surface area contributed by atoms with E-state index in [4.69, 9.17) is 0 Å². The number of nitrogens with one attached hydrogen (secondary N) is 1. The molecule has 0 atom stereocenters. The second-order valence-corrected chi connectivity index (χ2v) is 6.03. The van der Waals surface area contributed by atoms with Crippen LogP contribution in [0.1, 0.15) is 17.0 Å². The van der Waals surface area contributed by atoms with Crippen molar-refractivity contribution >= 4 is 17.7 Å². The highest BCUT2D eigenvalue weighted by molar-refractivity contribution is 5.91. The maximum Gasteiger partial charge on any atom is 0.270 e. The zero-order valence-electron chi connectivity index (χ0n) is 15.0. The molecule has 0 aliphatic heterocycles.